The molecule has 0 unspecified atom stereocenters. The van der Waals surface area contributed by atoms with Gasteiger partial charge < -0.3 is 5.32 Å². The van der Waals surface area contributed by atoms with E-state index in [1.54, 1.807) is 12.1 Å². The Morgan fingerprint density at radius 2 is 1.32 bits per heavy atom. The van der Waals surface area contributed by atoms with E-state index < -0.39 is 4.92 Å². The van der Waals surface area contributed by atoms with Crippen molar-refractivity contribution in [2.75, 3.05) is 11.1 Å². The third-order valence-electron chi connectivity index (χ3n) is 5.14. The Labute approximate surface area is 200 Å². The molecule has 0 saturated heterocycles. The highest BCUT2D eigenvalue weighted by Crippen LogP contribution is 2.24. The molecule has 4 aromatic rings. The van der Waals surface area contributed by atoms with Gasteiger partial charge in [0.1, 0.15) is 0 Å². The van der Waals surface area contributed by atoms with Crippen LogP contribution in [0, 0.1) is 10.1 Å². The summed E-state index contributed by atoms with van der Waals surface area (Å²) in [5.41, 5.74) is 3.69. The van der Waals surface area contributed by atoms with Crippen LogP contribution in [0.3, 0.4) is 0 Å². The maximum absolute atomic E-state index is 12.6. The molecule has 4 aromatic carbocycles. The van der Waals surface area contributed by atoms with E-state index in [4.69, 9.17) is 0 Å². The Balaban J connectivity index is 1.30. The number of nitro groups is 1. The van der Waals surface area contributed by atoms with Gasteiger partial charge in [-0.15, -0.1) is 11.8 Å². The minimum absolute atomic E-state index is 0.0418. The lowest BCUT2D eigenvalue weighted by atomic mass is 10.0. The van der Waals surface area contributed by atoms with Gasteiger partial charge in [0.15, 0.2) is 5.78 Å². The van der Waals surface area contributed by atoms with Crippen molar-refractivity contribution in [1.29, 1.82) is 0 Å². The number of Topliss-reactive ketones (excluding diaryl/α,β-unsaturated/α-hetero) is 1. The highest BCUT2D eigenvalue weighted by Gasteiger charge is 2.11. The zero-order valence-electron chi connectivity index (χ0n) is 18.0. The summed E-state index contributed by atoms with van der Waals surface area (Å²) in [6.45, 7) is 0. The normalized spacial score (nSPS) is 10.5. The van der Waals surface area contributed by atoms with Crippen molar-refractivity contribution in [2.45, 2.75) is 4.90 Å². The molecule has 0 aliphatic heterocycles. The van der Waals surface area contributed by atoms with Gasteiger partial charge in [0, 0.05) is 33.8 Å². The number of non-ortho nitro benzene ring substituents is 1. The minimum Gasteiger partial charge on any atom is -0.322 e. The number of carbonyl (C=O) groups is 2. The van der Waals surface area contributed by atoms with Crippen LogP contribution in [0.15, 0.2) is 108 Å². The molecule has 4 rings (SSSR count). The third-order valence-corrected chi connectivity index (χ3v) is 6.15. The number of rotatable bonds is 8. The van der Waals surface area contributed by atoms with Crippen molar-refractivity contribution in [3.8, 4) is 11.1 Å². The summed E-state index contributed by atoms with van der Waals surface area (Å²) in [6.07, 6.45) is 0. The van der Waals surface area contributed by atoms with Crippen LogP contribution in [0.1, 0.15) is 20.7 Å². The summed E-state index contributed by atoms with van der Waals surface area (Å²) in [5, 5.41) is 13.5. The Bertz CT molecular complexity index is 1300. The zero-order chi connectivity index (χ0) is 23.9. The molecule has 0 spiro atoms. The first kappa shape index (κ1) is 22.9. The summed E-state index contributed by atoms with van der Waals surface area (Å²) in [4.78, 5) is 36.0. The molecule has 168 valence electrons. The molecule has 0 heterocycles. The molecule has 1 N–H and O–H groups in total. The first-order valence-corrected chi connectivity index (χ1v) is 11.5. The summed E-state index contributed by atoms with van der Waals surface area (Å²) in [6, 6.07) is 30.2. The number of hydrogen-bond acceptors (Lipinski definition) is 5. The second kappa shape index (κ2) is 10.6. The highest BCUT2D eigenvalue weighted by molar-refractivity contribution is 8.00. The van der Waals surface area contributed by atoms with Crippen LogP contribution in [0.5, 0.6) is 0 Å². The van der Waals surface area contributed by atoms with Gasteiger partial charge >= 0.3 is 0 Å². The van der Waals surface area contributed by atoms with Crippen LogP contribution >= 0.6 is 11.8 Å². The average molecular weight is 469 g/mol. The standard InChI is InChI=1S/C27H20N2O4S/c30-26(21-8-6-20(7-9-21)19-4-2-1-3-5-19)18-34-25-16-12-23(13-17-25)28-27(31)22-10-14-24(15-11-22)29(32)33/h1-17H,18H2,(H,28,31). The predicted octanol–water partition coefficient (Wildman–Crippen LogP) is 6.49. The average Bonchev–Trinajstić information content (AvgIpc) is 2.88. The summed E-state index contributed by atoms with van der Waals surface area (Å²) >= 11 is 1.43. The third kappa shape index (κ3) is 5.76. The van der Waals surface area contributed by atoms with E-state index in [0.717, 1.165) is 16.0 Å². The van der Waals surface area contributed by atoms with E-state index in [9.17, 15) is 19.7 Å². The van der Waals surface area contributed by atoms with E-state index in [0.29, 0.717) is 22.6 Å². The first-order valence-electron chi connectivity index (χ1n) is 10.5. The van der Waals surface area contributed by atoms with Crippen LogP contribution in [-0.2, 0) is 0 Å². The molecule has 7 heteroatoms. The maximum atomic E-state index is 12.6. The monoisotopic (exact) mass is 468 g/mol. The fourth-order valence-corrected chi connectivity index (χ4v) is 4.08. The summed E-state index contributed by atoms with van der Waals surface area (Å²) in [5.74, 6) is -0.0104. The lowest BCUT2D eigenvalue weighted by molar-refractivity contribution is -0.384. The molecule has 0 aliphatic carbocycles. The van der Waals surface area contributed by atoms with Crippen molar-refractivity contribution in [2.24, 2.45) is 0 Å². The number of ketones is 1. The number of carbonyl (C=O) groups excluding carboxylic acids is 2. The number of anilines is 1. The molecule has 6 nitrogen and oxygen atoms in total. The molecule has 0 radical (unpaired) electrons. The number of thioether (sulfide) groups is 1. The number of benzene rings is 4. The van der Waals surface area contributed by atoms with E-state index in [1.807, 2.05) is 66.7 Å². The second-order valence-electron chi connectivity index (χ2n) is 7.44. The Hall–Kier alpha value is -4.23. The molecule has 0 fully saturated rings. The van der Waals surface area contributed by atoms with Gasteiger partial charge in [0.05, 0.1) is 10.7 Å². The van der Waals surface area contributed by atoms with Crippen molar-refractivity contribution in [1.82, 2.24) is 0 Å². The molecule has 0 bridgehead atoms. The number of nitrogens with one attached hydrogen (secondary N) is 1. The second-order valence-corrected chi connectivity index (χ2v) is 8.49. The molecular formula is C27H20N2O4S. The van der Waals surface area contributed by atoms with Crippen molar-refractivity contribution in [3.05, 3.63) is 124 Å². The number of hydrogen-bond donors (Lipinski definition) is 1. The van der Waals surface area contributed by atoms with E-state index in [1.165, 1.54) is 36.0 Å². The smallest absolute Gasteiger partial charge is 0.269 e. The quantitative estimate of drug-likeness (QED) is 0.138. The molecule has 34 heavy (non-hydrogen) atoms. The van der Waals surface area contributed by atoms with Gasteiger partial charge in [-0.05, 0) is 47.5 Å². The fourth-order valence-electron chi connectivity index (χ4n) is 3.28. The maximum Gasteiger partial charge on any atom is 0.269 e. The van der Waals surface area contributed by atoms with Crippen molar-refractivity contribution >= 4 is 34.8 Å². The Kier molecular flexibility index (Phi) is 7.15. The first-order chi connectivity index (χ1) is 16.5. The van der Waals surface area contributed by atoms with Crippen LogP contribution in [0.2, 0.25) is 0 Å². The van der Waals surface area contributed by atoms with Gasteiger partial charge in [0.2, 0.25) is 0 Å². The Morgan fingerprint density at radius 1 is 0.735 bits per heavy atom. The predicted molar refractivity (Wildman–Crippen MR) is 134 cm³/mol. The van der Waals surface area contributed by atoms with Crippen molar-refractivity contribution < 1.29 is 14.5 Å². The van der Waals surface area contributed by atoms with Crippen LogP contribution in [0.4, 0.5) is 11.4 Å². The largest absolute Gasteiger partial charge is 0.322 e. The molecule has 0 aromatic heterocycles. The van der Waals surface area contributed by atoms with E-state index in [-0.39, 0.29) is 17.4 Å². The fraction of sp³-hybridized carbons (Fsp3) is 0.0370. The van der Waals surface area contributed by atoms with Gasteiger partial charge in [-0.3, -0.25) is 19.7 Å². The van der Waals surface area contributed by atoms with Gasteiger partial charge in [-0.1, -0.05) is 54.6 Å². The van der Waals surface area contributed by atoms with Crippen LogP contribution in [0.25, 0.3) is 11.1 Å². The van der Waals surface area contributed by atoms with E-state index >= 15 is 0 Å². The van der Waals surface area contributed by atoms with Gasteiger partial charge in [-0.2, -0.15) is 0 Å². The lowest BCUT2D eigenvalue weighted by Crippen LogP contribution is -2.11. The molecule has 0 aliphatic rings. The topological polar surface area (TPSA) is 89.3 Å². The number of nitro benzene ring substituents is 1. The number of amides is 1. The minimum atomic E-state index is -0.511. The van der Waals surface area contributed by atoms with E-state index in [2.05, 4.69) is 5.32 Å². The highest BCUT2D eigenvalue weighted by atomic mass is 32.2. The molecule has 0 atom stereocenters. The summed E-state index contributed by atoms with van der Waals surface area (Å²) < 4.78 is 0. The van der Waals surface area contributed by atoms with Crippen LogP contribution in [-0.4, -0.2) is 22.4 Å². The van der Waals surface area contributed by atoms with Crippen LogP contribution < -0.4 is 5.32 Å². The molecular weight excluding hydrogens is 448 g/mol. The van der Waals surface area contributed by atoms with Gasteiger partial charge in [0.25, 0.3) is 11.6 Å². The van der Waals surface area contributed by atoms with Gasteiger partial charge in [-0.25, -0.2) is 0 Å². The molecule has 0 saturated carbocycles. The van der Waals surface area contributed by atoms with Crippen molar-refractivity contribution in [3.63, 3.8) is 0 Å². The zero-order valence-corrected chi connectivity index (χ0v) is 18.8. The molecule has 1 amide bonds. The Morgan fingerprint density at radius 3 is 1.94 bits per heavy atom. The SMILES string of the molecule is O=C(CSc1ccc(NC(=O)c2ccc([N+](=O)[O-])cc2)cc1)c1ccc(-c2ccccc2)cc1. The number of nitrogens with zero attached hydrogens (tertiary/aromatic N) is 1. The summed E-state index contributed by atoms with van der Waals surface area (Å²) in [7, 11) is 0. The lowest BCUT2D eigenvalue weighted by Gasteiger charge is -2.07.